The lowest BCUT2D eigenvalue weighted by Crippen LogP contribution is -2.43. The first-order valence-electron chi connectivity index (χ1n) is 12.3. The summed E-state index contributed by atoms with van der Waals surface area (Å²) >= 11 is 0. The Kier molecular flexibility index (Phi) is 10.2. The van der Waals surface area contributed by atoms with E-state index in [-0.39, 0.29) is 25.6 Å². The molecule has 13 heteroatoms. The van der Waals surface area contributed by atoms with Gasteiger partial charge >= 0.3 is 0 Å². The van der Waals surface area contributed by atoms with E-state index in [1.807, 2.05) is 25.1 Å². The number of aliphatic hydroxyl groups excluding tert-OH is 1. The molecule has 3 rings (SSSR count). The number of hydrogen-bond acceptors (Lipinski definition) is 9. The average Bonchev–Trinajstić information content (AvgIpc) is 2.95. The maximum absolute atomic E-state index is 13.1. The molecule has 0 spiro atoms. The molecule has 2 aromatic carbocycles. The topological polar surface area (TPSA) is 161 Å². The molecular formula is C27H32N4O8S. The van der Waals surface area contributed by atoms with Crippen LogP contribution < -0.4 is 14.2 Å². The number of hydrogen-bond donors (Lipinski definition) is 2. The summed E-state index contributed by atoms with van der Waals surface area (Å²) in [4.78, 5) is 29.0. The number of para-hydroxylation sites is 1. The van der Waals surface area contributed by atoms with Gasteiger partial charge in [-0.15, -0.1) is 0 Å². The van der Waals surface area contributed by atoms with Crippen LogP contribution in [0.4, 0.5) is 5.69 Å². The van der Waals surface area contributed by atoms with Crippen molar-refractivity contribution in [3.8, 4) is 11.5 Å². The summed E-state index contributed by atoms with van der Waals surface area (Å²) in [5.41, 5.74) is 2.33. The first kappa shape index (κ1) is 30.5. The monoisotopic (exact) mass is 572 g/mol. The minimum absolute atomic E-state index is 0.0300. The highest BCUT2D eigenvalue weighted by molar-refractivity contribution is 7.89. The van der Waals surface area contributed by atoms with Crippen molar-refractivity contribution in [1.82, 2.24) is 9.62 Å². The molecule has 1 aliphatic rings. The molecule has 1 atom stereocenters. The summed E-state index contributed by atoms with van der Waals surface area (Å²) in [5, 5.41) is 20.9. The highest BCUT2D eigenvalue weighted by atomic mass is 32.2. The van der Waals surface area contributed by atoms with Crippen LogP contribution in [0.15, 0.2) is 64.5 Å². The number of methoxy groups -OCH3 is 2. The van der Waals surface area contributed by atoms with Gasteiger partial charge in [-0.05, 0) is 35.8 Å². The average molecular weight is 573 g/mol. The van der Waals surface area contributed by atoms with Gasteiger partial charge in [-0.3, -0.25) is 19.9 Å². The van der Waals surface area contributed by atoms with Gasteiger partial charge in [-0.2, -0.15) is 0 Å². The van der Waals surface area contributed by atoms with Crippen LogP contribution in [0.25, 0.3) is 6.08 Å². The zero-order valence-electron chi connectivity index (χ0n) is 22.5. The SMILES string of the molecule is C=Cc1c(OC)cc(C2=NCC(C)C(CN(CCO)C(=O)CNS(=O)(=O)c3ccccc3[N+](=O)[O-])=C2)cc1OC. The van der Waals surface area contributed by atoms with Crippen LogP contribution in [-0.4, -0.2) is 82.0 Å². The first-order valence-corrected chi connectivity index (χ1v) is 13.8. The number of nitro benzene ring substituents is 1. The highest BCUT2D eigenvalue weighted by Crippen LogP contribution is 2.33. The lowest BCUT2D eigenvalue weighted by Gasteiger charge is -2.28. The van der Waals surface area contributed by atoms with Crippen LogP contribution in [0.2, 0.25) is 0 Å². The number of rotatable bonds is 13. The van der Waals surface area contributed by atoms with E-state index in [0.717, 1.165) is 23.3 Å². The fourth-order valence-corrected chi connectivity index (χ4v) is 5.34. The number of sulfonamides is 1. The molecule has 12 nitrogen and oxygen atoms in total. The standard InChI is InChI=1S/C27H32N4O8S/c1-5-21-24(38-3)13-19(14-25(21)39-4)22-12-20(18(2)15-28-22)17-30(10-11-32)27(33)16-29-40(36,37)26-9-7-6-8-23(26)31(34)35/h5-9,12-14,18,29,32H,1,10-11,15-17H2,2-4H3. The number of aliphatic imine (C=N–C) groups is 1. The maximum atomic E-state index is 13.1. The number of ether oxygens (including phenoxy) is 2. The first-order chi connectivity index (χ1) is 19.1. The van der Waals surface area contributed by atoms with Gasteiger partial charge in [0.05, 0.1) is 43.6 Å². The Labute approximate surface area is 232 Å². The second kappa shape index (κ2) is 13.3. The van der Waals surface area contributed by atoms with Gasteiger partial charge in [-0.25, -0.2) is 13.1 Å². The zero-order chi connectivity index (χ0) is 29.4. The second-order valence-corrected chi connectivity index (χ2v) is 10.7. The minimum atomic E-state index is -4.35. The van der Waals surface area contributed by atoms with E-state index in [2.05, 4.69) is 16.3 Å². The Morgan fingerprint density at radius 3 is 2.50 bits per heavy atom. The van der Waals surface area contributed by atoms with E-state index < -0.39 is 38.0 Å². The van der Waals surface area contributed by atoms with Crippen molar-refractivity contribution in [2.24, 2.45) is 10.9 Å². The Morgan fingerprint density at radius 2 is 1.93 bits per heavy atom. The number of carbonyl (C=O) groups excluding carboxylic acids is 1. The van der Waals surface area contributed by atoms with Gasteiger partial charge in [0.25, 0.3) is 5.69 Å². The Hall–Kier alpha value is -4.07. The molecule has 2 aromatic rings. The third-order valence-electron chi connectivity index (χ3n) is 6.40. The van der Waals surface area contributed by atoms with E-state index in [0.29, 0.717) is 29.3 Å². The molecule has 1 amide bonds. The van der Waals surface area contributed by atoms with Gasteiger partial charge in [0, 0.05) is 31.3 Å². The third-order valence-corrected chi connectivity index (χ3v) is 7.84. The Bertz CT molecular complexity index is 1430. The molecule has 0 aliphatic carbocycles. The molecule has 40 heavy (non-hydrogen) atoms. The molecule has 0 bridgehead atoms. The van der Waals surface area contributed by atoms with Gasteiger partial charge in [0.15, 0.2) is 4.90 Å². The number of benzene rings is 2. The summed E-state index contributed by atoms with van der Waals surface area (Å²) < 4.78 is 38.6. The van der Waals surface area contributed by atoms with Gasteiger partial charge in [0.2, 0.25) is 15.9 Å². The predicted molar refractivity (Wildman–Crippen MR) is 150 cm³/mol. The highest BCUT2D eigenvalue weighted by Gasteiger charge is 2.27. The van der Waals surface area contributed by atoms with E-state index >= 15 is 0 Å². The number of dihydropyridines is 1. The number of nitrogens with zero attached hydrogens (tertiary/aromatic N) is 3. The van der Waals surface area contributed by atoms with E-state index in [1.165, 1.54) is 17.0 Å². The lowest BCUT2D eigenvalue weighted by molar-refractivity contribution is -0.387. The molecule has 0 radical (unpaired) electrons. The van der Waals surface area contributed by atoms with E-state index in [1.54, 1.807) is 20.3 Å². The van der Waals surface area contributed by atoms with Crippen molar-refractivity contribution in [3.05, 3.63) is 75.9 Å². The summed E-state index contributed by atoms with van der Waals surface area (Å²) in [6.45, 7) is 5.29. The molecule has 0 aromatic heterocycles. The Morgan fingerprint density at radius 1 is 1.27 bits per heavy atom. The van der Waals surface area contributed by atoms with Gasteiger partial charge in [0.1, 0.15) is 11.5 Å². The smallest absolute Gasteiger partial charge is 0.289 e. The van der Waals surface area contributed by atoms with Crippen molar-refractivity contribution >= 4 is 33.4 Å². The van der Waals surface area contributed by atoms with E-state index in [9.17, 15) is 28.4 Å². The molecule has 1 aliphatic heterocycles. The quantitative estimate of drug-likeness (QED) is 0.273. The van der Waals surface area contributed by atoms with Crippen LogP contribution in [0, 0.1) is 16.0 Å². The van der Waals surface area contributed by atoms with Crippen LogP contribution in [0.3, 0.4) is 0 Å². The number of carbonyl (C=O) groups is 1. The molecule has 1 heterocycles. The molecular weight excluding hydrogens is 540 g/mol. The lowest BCUT2D eigenvalue weighted by atomic mass is 9.93. The van der Waals surface area contributed by atoms with Crippen molar-refractivity contribution in [1.29, 1.82) is 0 Å². The largest absolute Gasteiger partial charge is 0.496 e. The third kappa shape index (κ3) is 6.92. The molecule has 0 saturated heterocycles. The molecule has 1 unspecified atom stereocenters. The molecule has 0 fully saturated rings. The van der Waals surface area contributed by atoms with Crippen molar-refractivity contribution in [2.45, 2.75) is 11.8 Å². The normalized spacial score (nSPS) is 15.1. The summed E-state index contributed by atoms with van der Waals surface area (Å²) in [6.07, 6.45) is 3.49. The van der Waals surface area contributed by atoms with Crippen LogP contribution in [-0.2, 0) is 14.8 Å². The molecule has 2 N–H and O–H groups in total. The molecule has 214 valence electrons. The maximum Gasteiger partial charge on any atom is 0.289 e. The predicted octanol–water partition coefficient (Wildman–Crippen LogP) is 2.42. The van der Waals surface area contributed by atoms with Crippen molar-refractivity contribution in [2.75, 3.05) is 47.0 Å². The van der Waals surface area contributed by atoms with Gasteiger partial charge < -0.3 is 19.5 Å². The number of allylic oxidation sites excluding steroid dienone is 1. The fraction of sp³-hybridized carbons (Fsp3) is 0.333. The minimum Gasteiger partial charge on any atom is -0.496 e. The summed E-state index contributed by atoms with van der Waals surface area (Å²) in [6, 6.07) is 8.50. The fourth-order valence-electron chi connectivity index (χ4n) is 4.19. The van der Waals surface area contributed by atoms with Crippen LogP contribution in [0.5, 0.6) is 11.5 Å². The second-order valence-electron chi connectivity index (χ2n) is 8.93. The van der Waals surface area contributed by atoms with Crippen LogP contribution >= 0.6 is 0 Å². The van der Waals surface area contributed by atoms with Crippen LogP contribution in [0.1, 0.15) is 18.1 Å². The van der Waals surface area contributed by atoms with Crippen molar-refractivity contribution < 1.29 is 32.7 Å². The number of amides is 1. The zero-order valence-corrected chi connectivity index (χ0v) is 23.3. The number of nitro groups is 1. The Balaban J connectivity index is 1.82. The molecule has 0 saturated carbocycles. The van der Waals surface area contributed by atoms with Gasteiger partial charge in [-0.1, -0.05) is 31.7 Å². The van der Waals surface area contributed by atoms with E-state index in [4.69, 9.17) is 9.47 Å². The number of nitrogens with one attached hydrogen (secondary N) is 1. The number of aliphatic hydroxyl groups is 1. The summed E-state index contributed by atoms with van der Waals surface area (Å²) in [7, 11) is -1.27. The van der Waals surface area contributed by atoms with Crippen molar-refractivity contribution in [3.63, 3.8) is 0 Å². The summed E-state index contributed by atoms with van der Waals surface area (Å²) in [5.74, 6) is 0.483.